The summed E-state index contributed by atoms with van der Waals surface area (Å²) < 4.78 is 0. The second-order valence-corrected chi connectivity index (χ2v) is 7.47. The van der Waals surface area contributed by atoms with Gasteiger partial charge in [0.25, 0.3) is 0 Å². The second-order valence-electron chi connectivity index (χ2n) is 7.47. The van der Waals surface area contributed by atoms with Crippen LogP contribution in [0.1, 0.15) is 32.6 Å². The molecular weight excluding hydrogens is 298 g/mol. The lowest BCUT2D eigenvalue weighted by atomic mass is 10.0. The minimum atomic E-state index is 0.580. The molecule has 0 unspecified atom stereocenters. The van der Waals surface area contributed by atoms with Gasteiger partial charge in [-0.1, -0.05) is 6.07 Å². The minimum absolute atomic E-state index is 0.580. The number of aliphatic imine (C=N–C) groups is 1. The highest BCUT2D eigenvalue weighted by atomic mass is 15.4. The molecule has 5 heteroatoms. The summed E-state index contributed by atoms with van der Waals surface area (Å²) in [5.74, 6) is 3.18. The smallest absolute Gasteiger partial charge is 0.194 e. The Kier molecular flexibility index (Phi) is 4.33. The third-order valence-electron chi connectivity index (χ3n) is 5.77. The van der Waals surface area contributed by atoms with E-state index >= 15 is 0 Å². The summed E-state index contributed by atoms with van der Waals surface area (Å²) in [6.07, 6.45) is 7.55. The minimum Gasteiger partial charge on any atom is -0.357 e. The highest BCUT2D eigenvalue weighted by molar-refractivity contribution is 5.80. The molecular formula is C19H29N5. The average molecular weight is 327 g/mol. The number of rotatable bonds is 5. The van der Waals surface area contributed by atoms with E-state index in [-0.39, 0.29) is 0 Å². The number of pyridine rings is 1. The Morgan fingerprint density at radius 2 is 2.04 bits per heavy atom. The first-order valence-corrected chi connectivity index (χ1v) is 9.50. The van der Waals surface area contributed by atoms with Crippen LogP contribution in [0.25, 0.3) is 0 Å². The number of hydrogen-bond acceptors (Lipinski definition) is 3. The van der Waals surface area contributed by atoms with Crippen LogP contribution in [0.2, 0.25) is 0 Å². The van der Waals surface area contributed by atoms with Crippen LogP contribution in [0, 0.1) is 11.3 Å². The van der Waals surface area contributed by atoms with Crippen molar-refractivity contribution >= 4 is 11.8 Å². The van der Waals surface area contributed by atoms with E-state index in [2.05, 4.69) is 39.2 Å². The molecule has 3 fully saturated rings. The standard InChI is InChI=1S/C19H29N5/c1-2-20-18(22-15-19(8-9-19)16-6-7-16)24-13-11-23(12-14-24)17-5-3-4-10-21-17/h3-5,10,16H,2,6-9,11-15H2,1H3,(H,20,22). The van der Waals surface area contributed by atoms with E-state index in [1.165, 1.54) is 25.7 Å². The summed E-state index contributed by atoms with van der Waals surface area (Å²) in [5, 5.41) is 3.51. The predicted octanol–water partition coefficient (Wildman–Crippen LogP) is 2.36. The van der Waals surface area contributed by atoms with Crippen LogP contribution in [0.5, 0.6) is 0 Å². The predicted molar refractivity (Wildman–Crippen MR) is 98.4 cm³/mol. The third-order valence-corrected chi connectivity index (χ3v) is 5.77. The zero-order valence-corrected chi connectivity index (χ0v) is 14.7. The molecule has 2 heterocycles. The molecule has 0 bridgehead atoms. The number of nitrogens with zero attached hydrogens (tertiary/aromatic N) is 4. The van der Waals surface area contributed by atoms with Gasteiger partial charge in [0.1, 0.15) is 5.82 Å². The molecule has 0 aromatic carbocycles. The molecule has 0 spiro atoms. The van der Waals surface area contributed by atoms with Gasteiger partial charge in [0.05, 0.1) is 0 Å². The van der Waals surface area contributed by atoms with Crippen LogP contribution in [0.15, 0.2) is 29.4 Å². The summed E-state index contributed by atoms with van der Waals surface area (Å²) in [4.78, 5) is 14.3. The van der Waals surface area contributed by atoms with Crippen molar-refractivity contribution in [2.45, 2.75) is 32.6 Å². The van der Waals surface area contributed by atoms with Gasteiger partial charge in [-0.05, 0) is 56.1 Å². The van der Waals surface area contributed by atoms with Gasteiger partial charge >= 0.3 is 0 Å². The molecule has 1 N–H and O–H groups in total. The van der Waals surface area contributed by atoms with E-state index in [0.29, 0.717) is 5.41 Å². The molecule has 0 atom stereocenters. The maximum absolute atomic E-state index is 5.03. The van der Waals surface area contributed by atoms with Gasteiger partial charge in [-0.3, -0.25) is 4.99 Å². The highest BCUT2D eigenvalue weighted by Gasteiger charge is 2.53. The van der Waals surface area contributed by atoms with Crippen molar-refractivity contribution in [2.24, 2.45) is 16.3 Å². The van der Waals surface area contributed by atoms with Gasteiger partial charge in [0.2, 0.25) is 0 Å². The number of nitrogens with one attached hydrogen (secondary N) is 1. The lowest BCUT2D eigenvalue weighted by Crippen LogP contribution is -2.52. The first-order valence-electron chi connectivity index (χ1n) is 9.50. The maximum Gasteiger partial charge on any atom is 0.194 e. The molecule has 1 aliphatic heterocycles. The van der Waals surface area contributed by atoms with Crippen molar-refractivity contribution in [3.05, 3.63) is 24.4 Å². The number of anilines is 1. The Labute approximate surface area is 145 Å². The van der Waals surface area contributed by atoms with E-state index < -0.39 is 0 Å². The zero-order chi connectivity index (χ0) is 16.4. The topological polar surface area (TPSA) is 43.8 Å². The number of aromatic nitrogens is 1. The van der Waals surface area contributed by atoms with E-state index in [0.717, 1.165) is 57.0 Å². The number of piperazine rings is 1. The second kappa shape index (κ2) is 6.61. The fourth-order valence-corrected chi connectivity index (χ4v) is 3.90. The summed E-state index contributed by atoms with van der Waals surface area (Å²) in [7, 11) is 0. The van der Waals surface area contributed by atoms with E-state index in [1.54, 1.807) is 0 Å². The van der Waals surface area contributed by atoms with Crippen molar-refractivity contribution < 1.29 is 0 Å². The van der Waals surface area contributed by atoms with E-state index in [4.69, 9.17) is 4.99 Å². The molecule has 3 aliphatic rings. The molecule has 2 saturated carbocycles. The molecule has 0 amide bonds. The van der Waals surface area contributed by atoms with Gasteiger partial charge in [-0.15, -0.1) is 0 Å². The first-order chi connectivity index (χ1) is 11.8. The first kappa shape index (κ1) is 15.7. The SMILES string of the molecule is CCNC(=NCC1(C2CC2)CC1)N1CCN(c2ccccn2)CC1. The van der Waals surface area contributed by atoms with Gasteiger partial charge in [0.15, 0.2) is 5.96 Å². The Morgan fingerprint density at radius 1 is 1.25 bits per heavy atom. The van der Waals surface area contributed by atoms with Crippen molar-refractivity contribution in [1.29, 1.82) is 0 Å². The van der Waals surface area contributed by atoms with Crippen molar-refractivity contribution in [2.75, 3.05) is 44.2 Å². The Bertz CT molecular complexity index is 569. The van der Waals surface area contributed by atoms with Gasteiger partial charge in [-0.25, -0.2) is 4.98 Å². The zero-order valence-electron chi connectivity index (χ0n) is 14.7. The summed E-state index contributed by atoms with van der Waals surface area (Å²) >= 11 is 0. The van der Waals surface area contributed by atoms with Crippen LogP contribution in [0.3, 0.4) is 0 Å². The Hall–Kier alpha value is -1.78. The lowest BCUT2D eigenvalue weighted by molar-refractivity contribution is 0.367. The maximum atomic E-state index is 5.03. The highest BCUT2D eigenvalue weighted by Crippen LogP contribution is 2.61. The normalized spacial score (nSPS) is 23.3. The fourth-order valence-electron chi connectivity index (χ4n) is 3.90. The lowest BCUT2D eigenvalue weighted by Gasteiger charge is -2.37. The van der Waals surface area contributed by atoms with Crippen LogP contribution < -0.4 is 10.2 Å². The Balaban J connectivity index is 1.36. The van der Waals surface area contributed by atoms with Crippen LogP contribution >= 0.6 is 0 Å². The van der Waals surface area contributed by atoms with Crippen LogP contribution in [-0.4, -0.2) is 55.1 Å². The molecule has 1 aromatic heterocycles. The molecule has 24 heavy (non-hydrogen) atoms. The molecule has 4 rings (SSSR count). The third kappa shape index (κ3) is 3.35. The fraction of sp³-hybridized carbons (Fsp3) is 0.684. The van der Waals surface area contributed by atoms with Gasteiger partial charge in [0, 0.05) is 45.5 Å². The number of hydrogen-bond donors (Lipinski definition) is 1. The molecule has 0 radical (unpaired) electrons. The molecule has 5 nitrogen and oxygen atoms in total. The molecule has 1 saturated heterocycles. The van der Waals surface area contributed by atoms with E-state index in [1.807, 2.05) is 12.3 Å². The molecule has 2 aliphatic carbocycles. The quantitative estimate of drug-likeness (QED) is 0.666. The number of guanidine groups is 1. The van der Waals surface area contributed by atoms with Gasteiger partial charge in [-0.2, -0.15) is 0 Å². The average Bonchev–Trinajstić information content (AvgIpc) is 3.53. The largest absolute Gasteiger partial charge is 0.357 e. The summed E-state index contributed by atoms with van der Waals surface area (Å²) in [6, 6.07) is 6.14. The summed E-state index contributed by atoms with van der Waals surface area (Å²) in [6.45, 7) is 8.17. The summed E-state index contributed by atoms with van der Waals surface area (Å²) in [5.41, 5.74) is 0.580. The van der Waals surface area contributed by atoms with Crippen molar-refractivity contribution in [3.63, 3.8) is 0 Å². The monoisotopic (exact) mass is 327 g/mol. The van der Waals surface area contributed by atoms with Crippen molar-refractivity contribution in [3.8, 4) is 0 Å². The van der Waals surface area contributed by atoms with Gasteiger partial charge < -0.3 is 15.1 Å². The Morgan fingerprint density at radius 3 is 2.62 bits per heavy atom. The van der Waals surface area contributed by atoms with E-state index in [9.17, 15) is 0 Å². The van der Waals surface area contributed by atoms with Crippen LogP contribution in [0.4, 0.5) is 5.82 Å². The molecule has 130 valence electrons. The molecule has 1 aromatic rings. The van der Waals surface area contributed by atoms with Crippen molar-refractivity contribution in [1.82, 2.24) is 15.2 Å². The van der Waals surface area contributed by atoms with Crippen LogP contribution in [-0.2, 0) is 0 Å².